The lowest BCUT2D eigenvalue weighted by molar-refractivity contribution is -0.136. The Labute approximate surface area is 109 Å². The predicted molar refractivity (Wildman–Crippen MR) is 69.8 cm³/mol. The molecule has 1 aliphatic carbocycles. The molecule has 0 spiro atoms. The molecule has 1 fully saturated rings. The molecule has 1 aliphatic rings. The third kappa shape index (κ3) is 3.45. The lowest BCUT2D eigenvalue weighted by Crippen LogP contribution is -2.47. The first-order valence-corrected chi connectivity index (χ1v) is 8.00. The summed E-state index contributed by atoms with van der Waals surface area (Å²) in [6.45, 7) is 5.55. The lowest BCUT2D eigenvalue weighted by atomic mass is 10.2. The molecule has 106 valence electrons. The van der Waals surface area contributed by atoms with E-state index >= 15 is 0 Å². The number of sulfonamides is 1. The first-order chi connectivity index (χ1) is 8.26. The molecule has 0 radical (unpaired) electrons. The maximum Gasteiger partial charge on any atom is 0.323 e. The van der Waals surface area contributed by atoms with Crippen molar-refractivity contribution >= 4 is 16.0 Å². The third-order valence-corrected chi connectivity index (χ3v) is 5.59. The average molecular weight is 277 g/mol. The molecule has 0 amide bonds. The maximum atomic E-state index is 12.3. The third-order valence-electron chi connectivity index (χ3n) is 3.40. The van der Waals surface area contributed by atoms with Gasteiger partial charge in [-0.2, -0.15) is 4.31 Å². The summed E-state index contributed by atoms with van der Waals surface area (Å²) in [6, 6.07) is -0.0146. The van der Waals surface area contributed by atoms with Crippen LogP contribution in [-0.2, 0) is 14.8 Å². The number of nitrogens with zero attached hydrogens (tertiary/aromatic N) is 1. The molecule has 1 unspecified atom stereocenters. The van der Waals surface area contributed by atoms with E-state index in [0.29, 0.717) is 6.54 Å². The SMILES string of the molecule is CC(C)CN(C1CCCC1)S(=O)(=O)C(C)C(=O)O. The van der Waals surface area contributed by atoms with Crippen LogP contribution in [0.1, 0.15) is 46.5 Å². The Balaban J connectivity index is 2.97. The summed E-state index contributed by atoms with van der Waals surface area (Å²) >= 11 is 0. The van der Waals surface area contributed by atoms with Gasteiger partial charge in [-0.1, -0.05) is 26.7 Å². The second-order valence-corrected chi connectivity index (χ2v) is 7.63. The Kier molecular flexibility index (Phi) is 5.16. The Morgan fingerprint density at radius 2 is 1.78 bits per heavy atom. The van der Waals surface area contributed by atoms with Gasteiger partial charge in [0.25, 0.3) is 0 Å². The van der Waals surface area contributed by atoms with Gasteiger partial charge >= 0.3 is 5.97 Å². The summed E-state index contributed by atoms with van der Waals surface area (Å²) in [7, 11) is -3.75. The fourth-order valence-electron chi connectivity index (χ4n) is 2.34. The summed E-state index contributed by atoms with van der Waals surface area (Å²) < 4.78 is 26.1. The fraction of sp³-hybridized carbons (Fsp3) is 0.917. The number of carboxylic acids is 1. The fourth-order valence-corrected chi connectivity index (χ4v) is 4.14. The number of rotatable bonds is 6. The van der Waals surface area contributed by atoms with Crippen molar-refractivity contribution in [2.75, 3.05) is 6.54 Å². The summed E-state index contributed by atoms with van der Waals surface area (Å²) in [4.78, 5) is 10.9. The highest BCUT2D eigenvalue weighted by Gasteiger charge is 2.38. The van der Waals surface area contributed by atoms with Crippen molar-refractivity contribution < 1.29 is 18.3 Å². The van der Waals surface area contributed by atoms with Crippen molar-refractivity contribution in [2.45, 2.75) is 57.7 Å². The molecule has 0 aromatic carbocycles. The maximum absolute atomic E-state index is 12.3. The van der Waals surface area contributed by atoms with Crippen LogP contribution in [0.25, 0.3) is 0 Å². The Morgan fingerprint density at radius 3 is 2.17 bits per heavy atom. The second-order valence-electron chi connectivity index (χ2n) is 5.43. The molecule has 6 heteroatoms. The molecule has 0 aromatic rings. The summed E-state index contributed by atoms with van der Waals surface area (Å²) in [5.74, 6) is -1.08. The largest absolute Gasteiger partial charge is 0.480 e. The standard InChI is InChI=1S/C12H23NO4S/c1-9(2)8-13(11-6-4-5-7-11)18(16,17)10(3)12(14)15/h9-11H,4-8H2,1-3H3,(H,14,15). The van der Waals surface area contributed by atoms with Crippen molar-refractivity contribution in [2.24, 2.45) is 5.92 Å². The van der Waals surface area contributed by atoms with E-state index in [1.54, 1.807) is 0 Å². The van der Waals surface area contributed by atoms with Crippen LogP contribution in [-0.4, -0.2) is 41.6 Å². The van der Waals surface area contributed by atoms with Crippen LogP contribution < -0.4 is 0 Å². The van der Waals surface area contributed by atoms with E-state index in [1.807, 2.05) is 13.8 Å². The quantitative estimate of drug-likeness (QED) is 0.801. The van der Waals surface area contributed by atoms with Crippen LogP contribution in [0.4, 0.5) is 0 Å². The minimum absolute atomic E-state index is 0.0146. The molecule has 1 N–H and O–H groups in total. The van der Waals surface area contributed by atoms with E-state index < -0.39 is 21.2 Å². The molecular formula is C12H23NO4S. The van der Waals surface area contributed by atoms with Crippen LogP contribution in [0.5, 0.6) is 0 Å². The Bertz CT molecular complexity index is 385. The van der Waals surface area contributed by atoms with Crippen LogP contribution in [0.15, 0.2) is 0 Å². The topological polar surface area (TPSA) is 74.7 Å². The second kappa shape index (κ2) is 6.02. The summed E-state index contributed by atoms with van der Waals surface area (Å²) in [5.41, 5.74) is 0. The Hall–Kier alpha value is -0.620. The van der Waals surface area contributed by atoms with E-state index in [2.05, 4.69) is 0 Å². The molecule has 0 bridgehead atoms. The molecule has 0 aromatic heterocycles. The van der Waals surface area contributed by atoms with Crippen molar-refractivity contribution in [3.63, 3.8) is 0 Å². The smallest absolute Gasteiger partial charge is 0.323 e. The van der Waals surface area contributed by atoms with Gasteiger partial charge in [-0.05, 0) is 25.7 Å². The zero-order valence-corrected chi connectivity index (χ0v) is 12.1. The zero-order valence-electron chi connectivity index (χ0n) is 11.3. The first-order valence-electron chi connectivity index (χ1n) is 6.50. The van der Waals surface area contributed by atoms with Gasteiger partial charge in [0.1, 0.15) is 0 Å². The van der Waals surface area contributed by atoms with Crippen LogP contribution >= 0.6 is 0 Å². The van der Waals surface area contributed by atoms with E-state index in [1.165, 1.54) is 11.2 Å². The number of carboxylic acid groups (broad SMARTS) is 1. The van der Waals surface area contributed by atoms with Crippen LogP contribution in [0.2, 0.25) is 0 Å². The van der Waals surface area contributed by atoms with E-state index in [0.717, 1.165) is 25.7 Å². The summed E-state index contributed by atoms with van der Waals surface area (Å²) in [5, 5.41) is 7.57. The van der Waals surface area contributed by atoms with Crippen molar-refractivity contribution in [3.05, 3.63) is 0 Å². The molecular weight excluding hydrogens is 254 g/mol. The zero-order chi connectivity index (χ0) is 13.9. The highest BCUT2D eigenvalue weighted by atomic mass is 32.2. The number of carbonyl (C=O) groups is 1. The molecule has 1 atom stereocenters. The van der Waals surface area contributed by atoms with Gasteiger partial charge in [0.15, 0.2) is 5.25 Å². The minimum atomic E-state index is -3.75. The number of aliphatic carboxylic acids is 1. The highest BCUT2D eigenvalue weighted by Crippen LogP contribution is 2.28. The van der Waals surface area contributed by atoms with Crippen molar-refractivity contribution in [3.8, 4) is 0 Å². The Morgan fingerprint density at radius 1 is 1.28 bits per heavy atom. The first kappa shape index (κ1) is 15.4. The molecule has 1 rings (SSSR count). The molecule has 0 saturated heterocycles. The lowest BCUT2D eigenvalue weighted by Gasteiger charge is -2.31. The van der Waals surface area contributed by atoms with E-state index in [4.69, 9.17) is 5.11 Å². The van der Waals surface area contributed by atoms with Gasteiger partial charge in [0, 0.05) is 12.6 Å². The average Bonchev–Trinajstić information content (AvgIpc) is 2.77. The normalized spacial score (nSPS) is 19.6. The van der Waals surface area contributed by atoms with Gasteiger partial charge in [-0.3, -0.25) is 4.79 Å². The van der Waals surface area contributed by atoms with Crippen molar-refractivity contribution in [1.29, 1.82) is 0 Å². The molecule has 18 heavy (non-hydrogen) atoms. The predicted octanol–water partition coefficient (Wildman–Crippen LogP) is 1.69. The monoisotopic (exact) mass is 277 g/mol. The number of hydrogen-bond donors (Lipinski definition) is 1. The molecule has 5 nitrogen and oxygen atoms in total. The minimum Gasteiger partial charge on any atom is -0.480 e. The highest BCUT2D eigenvalue weighted by molar-refractivity contribution is 7.90. The molecule has 1 saturated carbocycles. The van der Waals surface area contributed by atoms with Gasteiger partial charge in [0.05, 0.1) is 0 Å². The van der Waals surface area contributed by atoms with Crippen molar-refractivity contribution in [1.82, 2.24) is 4.31 Å². The van der Waals surface area contributed by atoms with Crippen LogP contribution in [0.3, 0.4) is 0 Å². The van der Waals surface area contributed by atoms with Gasteiger partial charge in [0.2, 0.25) is 10.0 Å². The molecule has 0 aliphatic heterocycles. The molecule has 0 heterocycles. The van der Waals surface area contributed by atoms with Crippen LogP contribution in [0, 0.1) is 5.92 Å². The van der Waals surface area contributed by atoms with Gasteiger partial charge < -0.3 is 5.11 Å². The summed E-state index contributed by atoms with van der Waals surface area (Å²) in [6.07, 6.45) is 3.74. The van der Waals surface area contributed by atoms with Gasteiger partial charge in [-0.15, -0.1) is 0 Å². The van der Waals surface area contributed by atoms with E-state index in [9.17, 15) is 13.2 Å². The van der Waals surface area contributed by atoms with E-state index in [-0.39, 0.29) is 12.0 Å². The van der Waals surface area contributed by atoms with Gasteiger partial charge in [-0.25, -0.2) is 8.42 Å². The number of hydrogen-bond acceptors (Lipinski definition) is 3.